The smallest absolute Gasteiger partial charge is 0.00160 e. The molecule has 0 unspecified atom stereocenters. The molecule has 0 aliphatic rings. The van der Waals surface area contributed by atoms with Gasteiger partial charge in [0.15, 0.2) is 0 Å². The Bertz CT molecular complexity index is 511. The largest absolute Gasteiger partial charge is 0.304 e. The van der Waals surface area contributed by atoms with E-state index >= 15 is 0 Å². The van der Waals surface area contributed by atoms with Gasteiger partial charge in [-0.05, 0) is 49.2 Å². The Hall–Kier alpha value is -1.86. The summed E-state index contributed by atoms with van der Waals surface area (Å²) >= 11 is 0. The fourth-order valence-electron chi connectivity index (χ4n) is 2.74. The fraction of sp³-hybridized carbons (Fsp3) is 0.333. The third-order valence-corrected chi connectivity index (χ3v) is 4.09. The Kier molecular flexibility index (Phi) is 6.92. The summed E-state index contributed by atoms with van der Waals surface area (Å²) in [5.74, 6) is 0. The molecule has 0 N–H and O–H groups in total. The number of rotatable bonds is 8. The maximum absolute atomic E-state index is 2.48. The molecule has 0 atom stereocenters. The van der Waals surface area contributed by atoms with Gasteiger partial charge in [-0.3, -0.25) is 0 Å². The zero-order valence-corrected chi connectivity index (χ0v) is 13.8. The minimum atomic E-state index is 1.12. The van der Waals surface area contributed by atoms with Crippen molar-refractivity contribution < 1.29 is 0 Å². The molecule has 1 nitrogen and oxygen atoms in total. The van der Waals surface area contributed by atoms with Crippen LogP contribution in [0.4, 0.5) is 0 Å². The maximum Gasteiger partial charge on any atom is -0.00160 e. The molecule has 2 rings (SSSR count). The van der Waals surface area contributed by atoms with Crippen LogP contribution in [-0.2, 0) is 0 Å². The molecular weight excluding hydrogens is 266 g/mol. The molecule has 0 heterocycles. The minimum Gasteiger partial charge on any atom is -0.304 e. The summed E-state index contributed by atoms with van der Waals surface area (Å²) in [6.07, 6.45) is 4.73. The number of hydrogen-bond acceptors (Lipinski definition) is 1. The molecule has 0 aliphatic carbocycles. The molecule has 0 bridgehead atoms. The third-order valence-electron chi connectivity index (χ3n) is 4.09. The normalized spacial score (nSPS) is 10.7. The van der Waals surface area contributed by atoms with Crippen LogP contribution in [0.3, 0.4) is 0 Å². The highest BCUT2D eigenvalue weighted by atomic mass is 15.1. The molecule has 0 radical (unpaired) electrons. The molecule has 0 aromatic heterocycles. The van der Waals surface area contributed by atoms with E-state index in [4.69, 9.17) is 0 Å². The fourth-order valence-corrected chi connectivity index (χ4v) is 2.74. The van der Waals surface area contributed by atoms with Crippen molar-refractivity contribution >= 4 is 5.57 Å². The second-order valence-corrected chi connectivity index (χ2v) is 5.52. The molecule has 0 amide bonds. The quantitative estimate of drug-likeness (QED) is 0.602. The average molecular weight is 293 g/mol. The van der Waals surface area contributed by atoms with E-state index in [9.17, 15) is 0 Å². The first-order valence-electron chi connectivity index (χ1n) is 8.38. The summed E-state index contributed by atoms with van der Waals surface area (Å²) in [6.45, 7) is 7.94. The predicted octanol–water partition coefficient (Wildman–Crippen LogP) is 5.24. The van der Waals surface area contributed by atoms with E-state index in [0.29, 0.717) is 0 Å². The Morgan fingerprint density at radius 3 is 1.77 bits per heavy atom. The highest BCUT2D eigenvalue weighted by Crippen LogP contribution is 2.23. The van der Waals surface area contributed by atoms with Crippen LogP contribution in [0.2, 0.25) is 0 Å². The van der Waals surface area contributed by atoms with Crippen LogP contribution < -0.4 is 0 Å². The average Bonchev–Trinajstić information content (AvgIpc) is 2.60. The standard InChI is InChI=1S/C21H27N/c1-3-22(4-2)18-12-11-17-21(19-13-7-5-8-14-19)20-15-9-6-10-16-20/h5-10,13-17H,3-4,11-12,18H2,1-2H3. The summed E-state index contributed by atoms with van der Waals surface area (Å²) in [5, 5.41) is 0. The van der Waals surface area contributed by atoms with Crippen molar-refractivity contribution in [1.29, 1.82) is 0 Å². The van der Waals surface area contributed by atoms with Crippen molar-refractivity contribution in [2.45, 2.75) is 26.7 Å². The van der Waals surface area contributed by atoms with E-state index in [-0.39, 0.29) is 0 Å². The molecule has 0 spiro atoms. The lowest BCUT2D eigenvalue weighted by molar-refractivity contribution is 0.301. The first-order valence-corrected chi connectivity index (χ1v) is 8.38. The topological polar surface area (TPSA) is 3.24 Å². The van der Waals surface area contributed by atoms with Gasteiger partial charge < -0.3 is 4.90 Å². The molecule has 0 saturated carbocycles. The Balaban J connectivity index is 2.10. The molecule has 22 heavy (non-hydrogen) atoms. The van der Waals surface area contributed by atoms with Crippen LogP contribution in [0.25, 0.3) is 5.57 Å². The van der Waals surface area contributed by atoms with E-state index in [0.717, 1.165) is 19.5 Å². The first kappa shape index (κ1) is 16.5. The van der Waals surface area contributed by atoms with Gasteiger partial charge in [-0.1, -0.05) is 80.6 Å². The highest BCUT2D eigenvalue weighted by Gasteiger charge is 2.04. The summed E-state index contributed by atoms with van der Waals surface area (Å²) in [4.78, 5) is 2.48. The number of benzene rings is 2. The molecular formula is C21H27N. The molecule has 116 valence electrons. The summed E-state index contributed by atoms with van der Waals surface area (Å²) < 4.78 is 0. The van der Waals surface area contributed by atoms with Crippen molar-refractivity contribution in [2.24, 2.45) is 0 Å². The summed E-state index contributed by atoms with van der Waals surface area (Å²) in [5.41, 5.74) is 3.95. The molecule has 0 fully saturated rings. The Morgan fingerprint density at radius 1 is 0.818 bits per heavy atom. The van der Waals surface area contributed by atoms with Gasteiger partial charge in [-0.25, -0.2) is 0 Å². The van der Waals surface area contributed by atoms with E-state index in [1.165, 1.54) is 29.7 Å². The van der Waals surface area contributed by atoms with Crippen LogP contribution in [-0.4, -0.2) is 24.5 Å². The van der Waals surface area contributed by atoms with Gasteiger partial charge in [0, 0.05) is 0 Å². The van der Waals surface area contributed by atoms with Gasteiger partial charge in [-0.15, -0.1) is 0 Å². The van der Waals surface area contributed by atoms with E-state index in [2.05, 4.69) is 85.5 Å². The van der Waals surface area contributed by atoms with Crippen molar-refractivity contribution in [3.8, 4) is 0 Å². The van der Waals surface area contributed by atoms with Crippen LogP contribution in [0.15, 0.2) is 66.7 Å². The highest BCUT2D eigenvalue weighted by molar-refractivity contribution is 5.79. The zero-order chi connectivity index (χ0) is 15.6. The van der Waals surface area contributed by atoms with Gasteiger partial charge in [-0.2, -0.15) is 0 Å². The SMILES string of the molecule is CCN(CC)CCCC=C(c1ccccc1)c1ccccc1. The molecule has 2 aromatic rings. The zero-order valence-electron chi connectivity index (χ0n) is 13.8. The predicted molar refractivity (Wildman–Crippen MR) is 97.0 cm³/mol. The molecule has 1 heteroatoms. The minimum absolute atomic E-state index is 1.12. The van der Waals surface area contributed by atoms with E-state index < -0.39 is 0 Å². The van der Waals surface area contributed by atoms with Crippen molar-refractivity contribution in [2.75, 3.05) is 19.6 Å². The van der Waals surface area contributed by atoms with E-state index in [1.807, 2.05) is 0 Å². The van der Waals surface area contributed by atoms with Crippen molar-refractivity contribution in [3.63, 3.8) is 0 Å². The van der Waals surface area contributed by atoms with Gasteiger partial charge in [0.05, 0.1) is 0 Å². The van der Waals surface area contributed by atoms with Crippen molar-refractivity contribution in [3.05, 3.63) is 77.9 Å². The number of unbranched alkanes of at least 4 members (excludes halogenated alkanes) is 1. The van der Waals surface area contributed by atoms with Crippen LogP contribution >= 0.6 is 0 Å². The second-order valence-electron chi connectivity index (χ2n) is 5.52. The van der Waals surface area contributed by atoms with Gasteiger partial charge in [0.1, 0.15) is 0 Å². The summed E-state index contributed by atoms with van der Waals surface area (Å²) in [6, 6.07) is 21.4. The first-order chi connectivity index (χ1) is 10.8. The van der Waals surface area contributed by atoms with Crippen LogP contribution in [0.1, 0.15) is 37.8 Å². The number of hydrogen-bond donors (Lipinski definition) is 0. The summed E-state index contributed by atoms with van der Waals surface area (Å²) in [7, 11) is 0. The van der Waals surface area contributed by atoms with Crippen LogP contribution in [0.5, 0.6) is 0 Å². The third kappa shape index (κ3) is 4.85. The lowest BCUT2D eigenvalue weighted by Gasteiger charge is -2.17. The van der Waals surface area contributed by atoms with E-state index in [1.54, 1.807) is 0 Å². The molecule has 0 aliphatic heterocycles. The van der Waals surface area contributed by atoms with Crippen LogP contribution in [0, 0.1) is 0 Å². The maximum atomic E-state index is 2.48. The monoisotopic (exact) mass is 293 g/mol. The van der Waals surface area contributed by atoms with Crippen molar-refractivity contribution in [1.82, 2.24) is 4.90 Å². The van der Waals surface area contributed by atoms with Gasteiger partial charge in [0.2, 0.25) is 0 Å². The molecule has 0 saturated heterocycles. The number of allylic oxidation sites excluding steroid dienone is 1. The second kappa shape index (κ2) is 9.22. The van der Waals surface area contributed by atoms with Gasteiger partial charge in [0.25, 0.3) is 0 Å². The Labute approximate surface area is 135 Å². The lowest BCUT2D eigenvalue weighted by Crippen LogP contribution is -2.23. The molecule has 2 aromatic carbocycles. The number of nitrogens with zero attached hydrogens (tertiary/aromatic N) is 1. The Morgan fingerprint density at radius 2 is 1.32 bits per heavy atom. The lowest BCUT2D eigenvalue weighted by atomic mass is 9.96. The van der Waals surface area contributed by atoms with Gasteiger partial charge >= 0.3 is 0 Å².